The summed E-state index contributed by atoms with van der Waals surface area (Å²) in [4.78, 5) is 8.05. The van der Waals surface area contributed by atoms with Gasteiger partial charge in [0.2, 0.25) is 0 Å². The van der Waals surface area contributed by atoms with Crippen LogP contribution in [0.4, 0.5) is 5.82 Å². The summed E-state index contributed by atoms with van der Waals surface area (Å²) in [6.07, 6.45) is 3.10. The number of nitriles is 1. The molecular formula is C11H16N4. The molecule has 0 bridgehead atoms. The molecule has 1 rings (SSSR count). The lowest BCUT2D eigenvalue weighted by Gasteiger charge is -2.28. The summed E-state index contributed by atoms with van der Waals surface area (Å²) in [7, 11) is 0. The SMILES string of the molecule is CC(Nc1nccnc1C#N)C(C)(C)C. The van der Waals surface area contributed by atoms with Gasteiger partial charge in [-0.1, -0.05) is 20.8 Å². The molecule has 4 nitrogen and oxygen atoms in total. The fourth-order valence-corrected chi connectivity index (χ4v) is 0.947. The molecule has 1 atom stereocenters. The normalized spacial score (nSPS) is 13.0. The van der Waals surface area contributed by atoms with Crippen molar-refractivity contribution in [3.63, 3.8) is 0 Å². The molecular weight excluding hydrogens is 188 g/mol. The van der Waals surface area contributed by atoms with Crippen molar-refractivity contribution >= 4 is 5.82 Å². The standard InChI is InChI=1S/C11H16N4/c1-8(11(2,3)4)15-10-9(7-12)13-5-6-14-10/h5-6,8H,1-4H3,(H,14,15). The van der Waals surface area contributed by atoms with Gasteiger partial charge in [0.05, 0.1) is 0 Å². The van der Waals surface area contributed by atoms with Gasteiger partial charge in [0.1, 0.15) is 6.07 Å². The monoisotopic (exact) mass is 204 g/mol. The van der Waals surface area contributed by atoms with Gasteiger partial charge in [-0.3, -0.25) is 0 Å². The molecule has 0 aliphatic carbocycles. The third-order valence-electron chi connectivity index (χ3n) is 2.46. The Bertz CT molecular complexity index is 373. The van der Waals surface area contributed by atoms with Crippen molar-refractivity contribution in [2.45, 2.75) is 33.7 Å². The van der Waals surface area contributed by atoms with Crippen molar-refractivity contribution in [3.05, 3.63) is 18.1 Å². The Morgan fingerprint density at radius 3 is 2.47 bits per heavy atom. The molecule has 15 heavy (non-hydrogen) atoms. The van der Waals surface area contributed by atoms with Crippen LogP contribution in [-0.2, 0) is 0 Å². The maximum Gasteiger partial charge on any atom is 0.182 e. The van der Waals surface area contributed by atoms with E-state index in [1.807, 2.05) is 6.07 Å². The van der Waals surface area contributed by atoms with Crippen LogP contribution in [0, 0.1) is 16.7 Å². The van der Waals surface area contributed by atoms with Crippen molar-refractivity contribution in [1.82, 2.24) is 9.97 Å². The van der Waals surface area contributed by atoms with E-state index in [-0.39, 0.29) is 11.5 Å². The minimum atomic E-state index is 0.115. The van der Waals surface area contributed by atoms with E-state index in [4.69, 9.17) is 5.26 Å². The lowest BCUT2D eigenvalue weighted by molar-refractivity contribution is 0.358. The van der Waals surface area contributed by atoms with E-state index in [2.05, 4.69) is 43.0 Å². The van der Waals surface area contributed by atoms with E-state index in [1.54, 1.807) is 6.20 Å². The summed E-state index contributed by atoms with van der Waals surface area (Å²) in [5.74, 6) is 0.558. The second-order valence-corrected chi connectivity index (χ2v) is 4.60. The van der Waals surface area contributed by atoms with Gasteiger partial charge >= 0.3 is 0 Å². The van der Waals surface area contributed by atoms with Crippen LogP contribution in [0.3, 0.4) is 0 Å². The van der Waals surface area contributed by atoms with Gasteiger partial charge in [-0.05, 0) is 12.3 Å². The largest absolute Gasteiger partial charge is 0.365 e. The molecule has 80 valence electrons. The maximum atomic E-state index is 8.84. The second-order valence-electron chi connectivity index (χ2n) is 4.60. The zero-order chi connectivity index (χ0) is 11.5. The topological polar surface area (TPSA) is 61.6 Å². The zero-order valence-electron chi connectivity index (χ0n) is 9.57. The highest BCUT2D eigenvalue weighted by atomic mass is 15.0. The quantitative estimate of drug-likeness (QED) is 0.802. The predicted molar refractivity (Wildman–Crippen MR) is 59.3 cm³/mol. The minimum absolute atomic E-state index is 0.115. The minimum Gasteiger partial charge on any atom is -0.365 e. The van der Waals surface area contributed by atoms with Crippen LogP contribution in [0.25, 0.3) is 0 Å². The molecule has 0 fully saturated rings. The Labute approximate surface area is 90.4 Å². The van der Waals surface area contributed by atoms with Crippen molar-refractivity contribution in [1.29, 1.82) is 5.26 Å². The number of aromatic nitrogens is 2. The first-order valence-electron chi connectivity index (χ1n) is 4.93. The molecule has 0 aromatic carbocycles. The Morgan fingerprint density at radius 1 is 1.33 bits per heavy atom. The van der Waals surface area contributed by atoms with Crippen LogP contribution < -0.4 is 5.32 Å². The van der Waals surface area contributed by atoms with Crippen molar-refractivity contribution in [2.75, 3.05) is 5.32 Å². The van der Waals surface area contributed by atoms with Crippen LogP contribution in [0.2, 0.25) is 0 Å². The summed E-state index contributed by atoms with van der Waals surface area (Å²) in [5, 5.41) is 12.0. The molecule has 1 aromatic rings. The zero-order valence-corrected chi connectivity index (χ0v) is 9.57. The van der Waals surface area contributed by atoms with Gasteiger partial charge < -0.3 is 5.32 Å². The summed E-state index contributed by atoms with van der Waals surface area (Å²) >= 11 is 0. The third-order valence-corrected chi connectivity index (χ3v) is 2.46. The number of anilines is 1. The van der Waals surface area contributed by atoms with E-state index < -0.39 is 0 Å². The molecule has 0 aliphatic rings. The highest BCUT2D eigenvalue weighted by Gasteiger charge is 2.21. The van der Waals surface area contributed by atoms with Crippen LogP contribution in [0.15, 0.2) is 12.4 Å². The maximum absolute atomic E-state index is 8.84. The number of hydrogen-bond donors (Lipinski definition) is 1. The fraction of sp³-hybridized carbons (Fsp3) is 0.545. The van der Waals surface area contributed by atoms with Crippen molar-refractivity contribution < 1.29 is 0 Å². The van der Waals surface area contributed by atoms with Crippen LogP contribution >= 0.6 is 0 Å². The van der Waals surface area contributed by atoms with E-state index in [1.165, 1.54) is 6.20 Å². The molecule has 0 aliphatic heterocycles. The Morgan fingerprint density at radius 2 is 1.93 bits per heavy atom. The lowest BCUT2D eigenvalue weighted by Crippen LogP contribution is -2.31. The highest BCUT2D eigenvalue weighted by Crippen LogP contribution is 2.22. The molecule has 1 N–H and O–H groups in total. The van der Waals surface area contributed by atoms with E-state index in [9.17, 15) is 0 Å². The van der Waals surface area contributed by atoms with Crippen LogP contribution in [0.5, 0.6) is 0 Å². The average molecular weight is 204 g/mol. The molecule has 0 amide bonds. The van der Waals surface area contributed by atoms with Crippen molar-refractivity contribution in [3.8, 4) is 6.07 Å². The molecule has 0 spiro atoms. The van der Waals surface area contributed by atoms with Gasteiger partial charge in [-0.2, -0.15) is 5.26 Å². The Balaban J connectivity index is 2.86. The van der Waals surface area contributed by atoms with E-state index >= 15 is 0 Å². The number of rotatable bonds is 2. The van der Waals surface area contributed by atoms with Gasteiger partial charge in [-0.25, -0.2) is 9.97 Å². The van der Waals surface area contributed by atoms with Crippen LogP contribution in [0.1, 0.15) is 33.4 Å². The molecule has 0 saturated heterocycles. The number of hydrogen-bond acceptors (Lipinski definition) is 4. The Kier molecular flexibility index (Phi) is 3.25. The van der Waals surface area contributed by atoms with Crippen LogP contribution in [-0.4, -0.2) is 16.0 Å². The van der Waals surface area contributed by atoms with E-state index in [0.29, 0.717) is 11.5 Å². The number of nitrogens with one attached hydrogen (secondary N) is 1. The van der Waals surface area contributed by atoms with E-state index in [0.717, 1.165) is 0 Å². The molecule has 1 heterocycles. The van der Waals surface area contributed by atoms with Gasteiger partial charge in [0, 0.05) is 18.4 Å². The third kappa shape index (κ3) is 2.91. The first kappa shape index (κ1) is 11.4. The Hall–Kier alpha value is -1.63. The number of nitrogens with zero attached hydrogens (tertiary/aromatic N) is 3. The summed E-state index contributed by atoms with van der Waals surface area (Å²) in [6, 6.07) is 2.24. The lowest BCUT2D eigenvalue weighted by atomic mass is 9.88. The fourth-order valence-electron chi connectivity index (χ4n) is 0.947. The first-order valence-corrected chi connectivity index (χ1v) is 4.93. The first-order chi connectivity index (χ1) is 6.95. The molecule has 4 heteroatoms. The predicted octanol–water partition coefficient (Wildman–Crippen LogP) is 2.19. The van der Waals surface area contributed by atoms with Gasteiger partial charge in [0.15, 0.2) is 11.5 Å². The smallest absolute Gasteiger partial charge is 0.182 e. The summed E-state index contributed by atoms with van der Waals surface area (Å²) in [5.41, 5.74) is 0.457. The van der Waals surface area contributed by atoms with Crippen molar-refractivity contribution in [2.24, 2.45) is 5.41 Å². The van der Waals surface area contributed by atoms with Gasteiger partial charge in [-0.15, -0.1) is 0 Å². The molecule has 0 radical (unpaired) electrons. The average Bonchev–Trinajstić information content (AvgIpc) is 2.17. The summed E-state index contributed by atoms with van der Waals surface area (Å²) < 4.78 is 0. The highest BCUT2D eigenvalue weighted by molar-refractivity contribution is 5.47. The molecule has 1 aromatic heterocycles. The molecule has 0 saturated carbocycles. The summed E-state index contributed by atoms with van der Waals surface area (Å²) in [6.45, 7) is 8.46. The molecule has 1 unspecified atom stereocenters. The van der Waals surface area contributed by atoms with Gasteiger partial charge in [0.25, 0.3) is 0 Å². The second kappa shape index (κ2) is 4.26.